The van der Waals surface area contributed by atoms with Gasteiger partial charge >= 0.3 is 0 Å². The second-order valence-electron chi connectivity index (χ2n) is 5.54. The Balaban J connectivity index is 2.13. The fourth-order valence-corrected chi connectivity index (χ4v) is 3.45. The average Bonchev–Trinajstić information content (AvgIpc) is 2.93. The van der Waals surface area contributed by atoms with Gasteiger partial charge in [0.25, 0.3) is 0 Å². The predicted molar refractivity (Wildman–Crippen MR) is 89.5 cm³/mol. The first kappa shape index (κ1) is 15.3. The average molecular weight is 310 g/mol. The molecule has 0 fully saturated rings. The van der Waals surface area contributed by atoms with Gasteiger partial charge in [-0.1, -0.05) is 13.8 Å². The van der Waals surface area contributed by atoms with Gasteiger partial charge in [-0.05, 0) is 44.1 Å². The van der Waals surface area contributed by atoms with Crippen molar-refractivity contribution in [3.8, 4) is 11.3 Å². The zero-order valence-corrected chi connectivity index (χ0v) is 14.1. The molecular formula is C14H22N4S2. The molecule has 2 rings (SSSR count). The normalized spacial score (nSPS) is 12.8. The molecule has 1 unspecified atom stereocenters. The summed E-state index contributed by atoms with van der Waals surface area (Å²) in [6.45, 7) is 8.71. The van der Waals surface area contributed by atoms with Crippen LogP contribution in [-0.4, -0.2) is 15.4 Å². The Morgan fingerprint density at radius 1 is 1.30 bits per heavy atom. The highest BCUT2D eigenvalue weighted by Crippen LogP contribution is 2.37. The summed E-state index contributed by atoms with van der Waals surface area (Å²) in [4.78, 5) is 4.52. The van der Waals surface area contributed by atoms with E-state index in [1.165, 1.54) is 18.0 Å². The molecule has 0 aliphatic rings. The quantitative estimate of drug-likeness (QED) is 0.830. The van der Waals surface area contributed by atoms with Crippen molar-refractivity contribution in [3.63, 3.8) is 0 Å². The molecule has 0 spiro atoms. The Morgan fingerprint density at radius 2 is 2.05 bits per heavy atom. The number of nitrogen functional groups attached to an aromatic ring is 1. The number of thiazole rings is 1. The minimum atomic E-state index is 0.413. The Kier molecular flexibility index (Phi) is 4.99. The van der Waals surface area contributed by atoms with Gasteiger partial charge in [-0.25, -0.2) is 4.98 Å². The van der Waals surface area contributed by atoms with Gasteiger partial charge in [0.2, 0.25) is 0 Å². The van der Waals surface area contributed by atoms with E-state index in [0.29, 0.717) is 11.9 Å². The maximum atomic E-state index is 6.00. The number of hydrogen-bond donors (Lipinski definition) is 2. The molecule has 110 valence electrons. The third-order valence-corrected chi connectivity index (χ3v) is 4.71. The molecule has 20 heavy (non-hydrogen) atoms. The number of nitrogens with zero attached hydrogens (tertiary/aromatic N) is 2. The van der Waals surface area contributed by atoms with Crippen LogP contribution in [0.2, 0.25) is 0 Å². The fraction of sp³-hybridized carbons (Fsp3) is 0.571. The lowest BCUT2D eigenvalue weighted by Gasteiger charge is -2.15. The van der Waals surface area contributed by atoms with Crippen LogP contribution < -0.4 is 11.1 Å². The van der Waals surface area contributed by atoms with E-state index < -0.39 is 0 Å². The standard InChI is InChI=1S/C14H22N4S2/c1-8(2)5-6-9(3)16-14-12(13(15)18-20-14)11-7-19-10(4)17-11/h7-9,16H,5-6H2,1-4H3,(H2,15,18). The Labute approximate surface area is 128 Å². The second kappa shape index (κ2) is 6.54. The summed E-state index contributed by atoms with van der Waals surface area (Å²) < 4.78 is 4.27. The van der Waals surface area contributed by atoms with Gasteiger partial charge in [0.05, 0.1) is 16.3 Å². The summed E-state index contributed by atoms with van der Waals surface area (Å²) in [7, 11) is 0. The van der Waals surface area contributed by atoms with Crippen LogP contribution >= 0.6 is 22.9 Å². The summed E-state index contributed by atoms with van der Waals surface area (Å²) in [6.07, 6.45) is 2.36. The van der Waals surface area contributed by atoms with Crippen LogP contribution in [0.4, 0.5) is 10.8 Å². The number of anilines is 2. The fourth-order valence-electron chi connectivity index (χ4n) is 2.01. The number of hydrogen-bond acceptors (Lipinski definition) is 6. The van der Waals surface area contributed by atoms with Crippen molar-refractivity contribution in [3.05, 3.63) is 10.4 Å². The molecule has 0 saturated carbocycles. The van der Waals surface area contributed by atoms with E-state index in [2.05, 4.69) is 35.4 Å². The minimum absolute atomic E-state index is 0.413. The van der Waals surface area contributed by atoms with E-state index in [0.717, 1.165) is 33.6 Å². The molecule has 0 aliphatic heterocycles. The molecule has 0 aromatic carbocycles. The molecule has 0 radical (unpaired) electrons. The molecule has 2 aromatic heterocycles. The highest BCUT2D eigenvalue weighted by molar-refractivity contribution is 7.11. The molecule has 0 saturated heterocycles. The number of rotatable bonds is 6. The molecule has 0 amide bonds. The highest BCUT2D eigenvalue weighted by atomic mass is 32.1. The van der Waals surface area contributed by atoms with E-state index >= 15 is 0 Å². The molecule has 2 aromatic rings. The first-order valence-electron chi connectivity index (χ1n) is 6.91. The monoisotopic (exact) mass is 310 g/mol. The molecule has 3 N–H and O–H groups in total. The van der Waals surface area contributed by atoms with Crippen LogP contribution in [0.5, 0.6) is 0 Å². The van der Waals surface area contributed by atoms with Crippen LogP contribution in [-0.2, 0) is 0 Å². The third-order valence-electron chi connectivity index (χ3n) is 3.15. The first-order chi connectivity index (χ1) is 9.47. The lowest BCUT2D eigenvalue weighted by atomic mass is 10.0. The molecule has 0 aliphatic carbocycles. The van der Waals surface area contributed by atoms with E-state index in [1.54, 1.807) is 11.3 Å². The summed E-state index contributed by atoms with van der Waals surface area (Å²) in [5.41, 5.74) is 7.89. The van der Waals surface area contributed by atoms with E-state index in [1.807, 2.05) is 12.3 Å². The van der Waals surface area contributed by atoms with Crippen molar-refractivity contribution in [1.82, 2.24) is 9.36 Å². The van der Waals surface area contributed by atoms with Crippen molar-refractivity contribution in [1.29, 1.82) is 0 Å². The van der Waals surface area contributed by atoms with Gasteiger partial charge in [0, 0.05) is 11.4 Å². The van der Waals surface area contributed by atoms with Gasteiger partial charge in [-0.15, -0.1) is 11.3 Å². The number of nitrogens with one attached hydrogen (secondary N) is 1. The van der Waals surface area contributed by atoms with Crippen LogP contribution in [0.15, 0.2) is 5.38 Å². The number of aromatic nitrogens is 2. The Bertz CT molecular complexity index is 559. The highest BCUT2D eigenvalue weighted by Gasteiger charge is 2.17. The summed E-state index contributed by atoms with van der Waals surface area (Å²) in [5, 5.41) is 7.65. The van der Waals surface area contributed by atoms with Crippen molar-refractivity contribution < 1.29 is 0 Å². The molecule has 6 heteroatoms. The van der Waals surface area contributed by atoms with Gasteiger partial charge in [0.15, 0.2) is 0 Å². The summed E-state index contributed by atoms with van der Waals surface area (Å²) >= 11 is 3.06. The first-order valence-corrected chi connectivity index (χ1v) is 8.56. The van der Waals surface area contributed by atoms with Gasteiger partial charge < -0.3 is 11.1 Å². The minimum Gasteiger partial charge on any atom is -0.382 e. The second-order valence-corrected chi connectivity index (χ2v) is 7.38. The van der Waals surface area contributed by atoms with Crippen molar-refractivity contribution in [2.45, 2.75) is 46.6 Å². The topological polar surface area (TPSA) is 63.8 Å². The lowest BCUT2D eigenvalue weighted by Crippen LogP contribution is -2.15. The van der Waals surface area contributed by atoms with Gasteiger partial charge in [-0.3, -0.25) is 0 Å². The molecular weight excluding hydrogens is 288 g/mol. The SMILES string of the molecule is Cc1nc(-c2c(N)nsc2NC(C)CCC(C)C)cs1. The number of aryl methyl sites for hydroxylation is 1. The Hall–Kier alpha value is -1.14. The zero-order valence-electron chi connectivity index (χ0n) is 12.4. The summed E-state index contributed by atoms with van der Waals surface area (Å²) in [6, 6.07) is 0.413. The molecule has 0 bridgehead atoms. The van der Waals surface area contributed by atoms with Crippen LogP contribution in [0.25, 0.3) is 11.3 Å². The van der Waals surface area contributed by atoms with Crippen molar-refractivity contribution >= 4 is 33.7 Å². The van der Waals surface area contributed by atoms with Crippen LogP contribution in [0.3, 0.4) is 0 Å². The smallest absolute Gasteiger partial charge is 0.148 e. The Morgan fingerprint density at radius 3 is 2.65 bits per heavy atom. The maximum Gasteiger partial charge on any atom is 0.148 e. The largest absolute Gasteiger partial charge is 0.382 e. The van der Waals surface area contributed by atoms with Gasteiger partial charge in [0.1, 0.15) is 10.8 Å². The summed E-state index contributed by atoms with van der Waals surface area (Å²) in [5.74, 6) is 1.30. The molecule has 1 atom stereocenters. The van der Waals surface area contributed by atoms with E-state index in [4.69, 9.17) is 5.73 Å². The van der Waals surface area contributed by atoms with Crippen molar-refractivity contribution in [2.75, 3.05) is 11.1 Å². The van der Waals surface area contributed by atoms with Crippen molar-refractivity contribution in [2.24, 2.45) is 5.92 Å². The third kappa shape index (κ3) is 3.70. The maximum absolute atomic E-state index is 6.00. The van der Waals surface area contributed by atoms with Gasteiger partial charge in [-0.2, -0.15) is 4.37 Å². The zero-order chi connectivity index (χ0) is 14.7. The van der Waals surface area contributed by atoms with E-state index in [-0.39, 0.29) is 0 Å². The van der Waals surface area contributed by atoms with E-state index in [9.17, 15) is 0 Å². The van der Waals surface area contributed by atoms with Crippen LogP contribution in [0.1, 0.15) is 38.6 Å². The molecule has 4 nitrogen and oxygen atoms in total. The number of nitrogens with two attached hydrogens (primary N) is 1. The lowest BCUT2D eigenvalue weighted by molar-refractivity contribution is 0.528. The van der Waals surface area contributed by atoms with Crippen LogP contribution in [0, 0.1) is 12.8 Å². The predicted octanol–water partition coefficient (Wildman–Crippen LogP) is 4.39. The molecule has 2 heterocycles.